The Hall–Kier alpha value is -1.88. The average Bonchev–Trinajstić information content (AvgIpc) is 2.47. The number of hydrogen-bond acceptors (Lipinski definition) is 3. The van der Waals surface area contributed by atoms with E-state index in [4.69, 9.17) is 4.74 Å². The third kappa shape index (κ3) is 2.33. The van der Waals surface area contributed by atoms with E-state index in [0.29, 0.717) is 18.7 Å². The molecule has 0 aliphatic carbocycles. The number of halogens is 1. The first-order valence-corrected chi connectivity index (χ1v) is 6.69. The van der Waals surface area contributed by atoms with Crippen LogP contribution in [0.2, 0.25) is 0 Å². The molecule has 96 valence electrons. The van der Waals surface area contributed by atoms with Crippen LogP contribution in [-0.4, -0.2) is 24.0 Å². The molecule has 0 unspecified atom stereocenters. The summed E-state index contributed by atoms with van der Waals surface area (Å²) in [5.41, 5.74) is 1.37. The molecule has 0 atom stereocenters. The lowest BCUT2D eigenvalue weighted by Gasteiger charge is -2.29. The summed E-state index contributed by atoms with van der Waals surface area (Å²) < 4.78 is 6.48. The predicted molar refractivity (Wildman–Crippen MR) is 75.6 cm³/mol. The Labute approximate surface area is 119 Å². The molecular formula is C14H11BrN2O2. The summed E-state index contributed by atoms with van der Waals surface area (Å²) in [7, 11) is 0. The van der Waals surface area contributed by atoms with Crippen molar-refractivity contribution in [2.45, 2.75) is 0 Å². The van der Waals surface area contributed by atoms with Gasteiger partial charge in [-0.3, -0.25) is 9.78 Å². The largest absolute Gasteiger partial charge is 0.490 e. The standard InChI is InChI=1S/C14H11BrN2O2/c15-11-3-4-13-12(8-11)17(6-7-19-13)14(18)10-2-1-5-16-9-10/h1-5,8-9H,6-7H2. The van der Waals surface area contributed by atoms with Crippen molar-refractivity contribution < 1.29 is 9.53 Å². The van der Waals surface area contributed by atoms with Crippen LogP contribution in [0.4, 0.5) is 5.69 Å². The number of hydrogen-bond donors (Lipinski definition) is 0. The molecule has 0 saturated heterocycles. The molecule has 1 aliphatic rings. The minimum atomic E-state index is -0.0595. The summed E-state index contributed by atoms with van der Waals surface area (Å²) in [4.78, 5) is 18.2. The summed E-state index contributed by atoms with van der Waals surface area (Å²) in [6.45, 7) is 1.04. The lowest BCUT2D eigenvalue weighted by Crippen LogP contribution is -2.38. The number of carbonyl (C=O) groups excluding carboxylic acids is 1. The summed E-state index contributed by atoms with van der Waals surface area (Å²) >= 11 is 3.42. The van der Waals surface area contributed by atoms with Crippen LogP contribution >= 0.6 is 15.9 Å². The van der Waals surface area contributed by atoms with Gasteiger partial charge in [-0.15, -0.1) is 0 Å². The first kappa shape index (κ1) is 12.2. The van der Waals surface area contributed by atoms with E-state index in [2.05, 4.69) is 20.9 Å². The van der Waals surface area contributed by atoms with Crippen molar-refractivity contribution in [3.8, 4) is 5.75 Å². The number of pyridine rings is 1. The Morgan fingerprint density at radius 1 is 1.37 bits per heavy atom. The molecule has 4 nitrogen and oxygen atoms in total. The molecule has 1 aromatic heterocycles. The minimum absolute atomic E-state index is 0.0595. The van der Waals surface area contributed by atoms with Crippen molar-refractivity contribution in [1.82, 2.24) is 4.98 Å². The fraction of sp³-hybridized carbons (Fsp3) is 0.143. The second kappa shape index (κ2) is 5.01. The van der Waals surface area contributed by atoms with Gasteiger partial charge in [-0.1, -0.05) is 15.9 Å². The molecule has 2 aromatic rings. The summed E-state index contributed by atoms with van der Waals surface area (Å²) in [6.07, 6.45) is 3.23. The smallest absolute Gasteiger partial charge is 0.260 e. The second-order valence-corrected chi connectivity index (χ2v) is 5.07. The summed E-state index contributed by atoms with van der Waals surface area (Å²) in [6, 6.07) is 9.18. The zero-order valence-electron chi connectivity index (χ0n) is 10.0. The summed E-state index contributed by atoms with van der Waals surface area (Å²) in [5, 5.41) is 0. The highest BCUT2D eigenvalue weighted by Crippen LogP contribution is 2.34. The molecular weight excluding hydrogens is 308 g/mol. The van der Waals surface area contributed by atoms with E-state index in [1.165, 1.54) is 0 Å². The maximum Gasteiger partial charge on any atom is 0.260 e. The number of anilines is 1. The van der Waals surface area contributed by atoms with Crippen molar-refractivity contribution in [2.75, 3.05) is 18.1 Å². The maximum atomic E-state index is 12.5. The third-order valence-electron chi connectivity index (χ3n) is 2.94. The number of rotatable bonds is 1. The molecule has 0 spiro atoms. The van der Waals surface area contributed by atoms with Gasteiger partial charge in [-0.25, -0.2) is 0 Å². The van der Waals surface area contributed by atoms with Gasteiger partial charge in [-0.2, -0.15) is 0 Å². The lowest BCUT2D eigenvalue weighted by atomic mass is 10.2. The Kier molecular flexibility index (Phi) is 3.21. The van der Waals surface area contributed by atoms with Crippen LogP contribution in [0.3, 0.4) is 0 Å². The van der Waals surface area contributed by atoms with Gasteiger partial charge >= 0.3 is 0 Å². The van der Waals surface area contributed by atoms with E-state index in [-0.39, 0.29) is 5.91 Å². The van der Waals surface area contributed by atoms with Crippen LogP contribution in [0.25, 0.3) is 0 Å². The first-order valence-electron chi connectivity index (χ1n) is 5.90. The SMILES string of the molecule is O=C(c1cccnc1)N1CCOc2ccc(Br)cc21. The van der Waals surface area contributed by atoms with Gasteiger partial charge in [0, 0.05) is 16.9 Å². The topological polar surface area (TPSA) is 42.4 Å². The van der Waals surface area contributed by atoms with Crippen LogP contribution in [-0.2, 0) is 0 Å². The minimum Gasteiger partial charge on any atom is -0.490 e. The highest BCUT2D eigenvalue weighted by atomic mass is 79.9. The molecule has 1 aliphatic heterocycles. The molecule has 5 heteroatoms. The zero-order valence-corrected chi connectivity index (χ0v) is 11.6. The Balaban J connectivity index is 2.00. The van der Waals surface area contributed by atoms with Gasteiger partial charge in [0.2, 0.25) is 0 Å². The maximum absolute atomic E-state index is 12.5. The zero-order chi connectivity index (χ0) is 13.2. The van der Waals surface area contributed by atoms with Crippen molar-refractivity contribution in [1.29, 1.82) is 0 Å². The van der Waals surface area contributed by atoms with Gasteiger partial charge in [0.15, 0.2) is 0 Å². The number of carbonyl (C=O) groups is 1. The number of fused-ring (bicyclic) bond motifs is 1. The highest BCUT2D eigenvalue weighted by molar-refractivity contribution is 9.10. The van der Waals surface area contributed by atoms with Gasteiger partial charge in [-0.05, 0) is 30.3 Å². The predicted octanol–water partition coefficient (Wildman–Crippen LogP) is 2.88. The quantitative estimate of drug-likeness (QED) is 0.812. The van der Waals surface area contributed by atoms with E-state index >= 15 is 0 Å². The fourth-order valence-electron chi connectivity index (χ4n) is 2.05. The Morgan fingerprint density at radius 3 is 3.05 bits per heavy atom. The molecule has 1 amide bonds. The van der Waals surface area contributed by atoms with Crippen LogP contribution in [0.15, 0.2) is 47.2 Å². The lowest BCUT2D eigenvalue weighted by molar-refractivity contribution is 0.0976. The molecule has 0 N–H and O–H groups in total. The van der Waals surface area contributed by atoms with Crippen LogP contribution in [0, 0.1) is 0 Å². The van der Waals surface area contributed by atoms with Crippen molar-refractivity contribution >= 4 is 27.5 Å². The van der Waals surface area contributed by atoms with Gasteiger partial charge < -0.3 is 9.64 Å². The van der Waals surface area contributed by atoms with Crippen LogP contribution < -0.4 is 9.64 Å². The van der Waals surface area contributed by atoms with E-state index in [0.717, 1.165) is 15.9 Å². The summed E-state index contributed by atoms with van der Waals surface area (Å²) in [5.74, 6) is 0.669. The van der Waals surface area contributed by atoms with Gasteiger partial charge in [0.05, 0.1) is 17.8 Å². The van der Waals surface area contributed by atoms with Crippen molar-refractivity contribution in [3.05, 3.63) is 52.8 Å². The fourth-order valence-corrected chi connectivity index (χ4v) is 2.40. The average molecular weight is 319 g/mol. The normalized spacial score (nSPS) is 13.6. The molecule has 1 aromatic carbocycles. The van der Waals surface area contributed by atoms with E-state index in [1.807, 2.05) is 18.2 Å². The molecule has 0 bridgehead atoms. The Bertz CT molecular complexity index is 616. The van der Waals surface area contributed by atoms with Crippen molar-refractivity contribution in [2.24, 2.45) is 0 Å². The Morgan fingerprint density at radius 2 is 2.26 bits per heavy atom. The molecule has 3 rings (SSSR count). The van der Waals surface area contributed by atoms with Crippen LogP contribution in [0.5, 0.6) is 5.75 Å². The molecule has 0 radical (unpaired) electrons. The molecule has 0 fully saturated rings. The number of ether oxygens (including phenoxy) is 1. The number of aromatic nitrogens is 1. The second-order valence-electron chi connectivity index (χ2n) is 4.16. The van der Waals surface area contributed by atoms with E-state index < -0.39 is 0 Å². The number of benzene rings is 1. The monoisotopic (exact) mass is 318 g/mol. The molecule has 2 heterocycles. The highest BCUT2D eigenvalue weighted by Gasteiger charge is 2.24. The number of nitrogens with zero attached hydrogens (tertiary/aromatic N) is 2. The van der Waals surface area contributed by atoms with E-state index in [1.54, 1.807) is 29.4 Å². The van der Waals surface area contributed by atoms with Crippen molar-refractivity contribution in [3.63, 3.8) is 0 Å². The van der Waals surface area contributed by atoms with Crippen LogP contribution in [0.1, 0.15) is 10.4 Å². The van der Waals surface area contributed by atoms with Gasteiger partial charge in [0.1, 0.15) is 12.4 Å². The third-order valence-corrected chi connectivity index (χ3v) is 3.43. The number of amides is 1. The molecule has 0 saturated carbocycles. The first-order chi connectivity index (χ1) is 9.25. The van der Waals surface area contributed by atoms with E-state index in [9.17, 15) is 4.79 Å². The van der Waals surface area contributed by atoms with Gasteiger partial charge in [0.25, 0.3) is 5.91 Å². The molecule has 19 heavy (non-hydrogen) atoms.